The molecule has 3 aromatic rings. The number of fused-ring (bicyclic) bond motifs is 1. The van der Waals surface area contributed by atoms with Gasteiger partial charge in [-0.2, -0.15) is 0 Å². The highest BCUT2D eigenvalue weighted by atomic mass is 16.5. The van der Waals surface area contributed by atoms with Crippen LogP contribution in [-0.4, -0.2) is 11.3 Å². The summed E-state index contributed by atoms with van der Waals surface area (Å²) in [6.07, 6.45) is 0.767. The molecular weight excluding hydrogens is 250 g/mol. The maximum atomic E-state index is 11.2. The summed E-state index contributed by atoms with van der Waals surface area (Å²) in [4.78, 5) is 15.6. The Labute approximate surface area is 116 Å². The van der Waals surface area contributed by atoms with Crippen molar-refractivity contribution in [3.05, 3.63) is 65.7 Å². The number of aryl methyl sites for hydroxylation is 1. The van der Waals surface area contributed by atoms with E-state index >= 15 is 0 Å². The van der Waals surface area contributed by atoms with Crippen molar-refractivity contribution in [2.24, 2.45) is 0 Å². The van der Waals surface area contributed by atoms with Crippen LogP contribution in [0.4, 0.5) is 0 Å². The van der Waals surface area contributed by atoms with Crippen LogP contribution in [-0.2, 0) is 0 Å². The molecule has 0 aliphatic rings. The van der Waals surface area contributed by atoms with Gasteiger partial charge in [0.1, 0.15) is 5.75 Å². The fourth-order valence-electron chi connectivity index (χ4n) is 2.00. The molecule has 0 aliphatic heterocycles. The monoisotopic (exact) mass is 263 g/mol. The molecule has 20 heavy (non-hydrogen) atoms. The van der Waals surface area contributed by atoms with Crippen molar-refractivity contribution in [1.29, 1.82) is 0 Å². The lowest BCUT2D eigenvalue weighted by Gasteiger charge is -2.08. The average molecular weight is 263 g/mol. The minimum atomic E-state index is 0.336. The molecule has 1 heterocycles. The van der Waals surface area contributed by atoms with Gasteiger partial charge < -0.3 is 4.74 Å². The smallest absolute Gasteiger partial charge is 0.230 e. The Hall–Kier alpha value is -2.68. The second-order valence-corrected chi connectivity index (χ2v) is 4.61. The van der Waals surface area contributed by atoms with Crippen LogP contribution in [0.25, 0.3) is 10.9 Å². The van der Waals surface area contributed by atoms with Crippen molar-refractivity contribution in [2.45, 2.75) is 6.92 Å². The summed E-state index contributed by atoms with van der Waals surface area (Å²) in [5, 5.41) is 0.922. The Morgan fingerprint density at radius 2 is 1.80 bits per heavy atom. The molecule has 0 atom stereocenters. The molecule has 0 radical (unpaired) electrons. The number of nitrogens with zero attached hydrogens (tertiary/aromatic N) is 1. The van der Waals surface area contributed by atoms with Crippen molar-refractivity contribution in [2.75, 3.05) is 0 Å². The van der Waals surface area contributed by atoms with E-state index in [4.69, 9.17) is 4.74 Å². The molecule has 0 aliphatic carbocycles. The third kappa shape index (κ3) is 2.38. The normalized spacial score (nSPS) is 10.4. The average Bonchev–Trinajstić information content (AvgIpc) is 2.49. The van der Waals surface area contributed by atoms with E-state index in [2.05, 4.69) is 4.98 Å². The van der Waals surface area contributed by atoms with E-state index in [-0.39, 0.29) is 0 Å². The van der Waals surface area contributed by atoms with E-state index in [0.29, 0.717) is 17.2 Å². The Morgan fingerprint density at radius 3 is 2.55 bits per heavy atom. The second-order valence-electron chi connectivity index (χ2n) is 4.61. The molecule has 0 saturated carbocycles. The van der Waals surface area contributed by atoms with E-state index in [1.54, 1.807) is 6.07 Å². The highest BCUT2D eigenvalue weighted by Gasteiger charge is 2.08. The zero-order chi connectivity index (χ0) is 13.9. The van der Waals surface area contributed by atoms with Gasteiger partial charge in [-0.15, -0.1) is 0 Å². The molecule has 0 fully saturated rings. The molecular formula is C17H13NO2. The molecule has 2 aromatic carbocycles. The molecule has 0 unspecified atom stereocenters. The molecule has 3 heteroatoms. The molecule has 3 nitrogen and oxygen atoms in total. The van der Waals surface area contributed by atoms with Gasteiger partial charge in [0, 0.05) is 5.39 Å². The highest BCUT2D eigenvalue weighted by molar-refractivity contribution is 5.88. The van der Waals surface area contributed by atoms with E-state index in [1.807, 2.05) is 55.5 Å². The number of carbonyl (C=O) groups is 1. The Bertz CT molecular complexity index is 764. The van der Waals surface area contributed by atoms with E-state index in [9.17, 15) is 4.79 Å². The quantitative estimate of drug-likeness (QED) is 0.666. The fourth-order valence-corrected chi connectivity index (χ4v) is 2.00. The van der Waals surface area contributed by atoms with Gasteiger partial charge in [-0.25, -0.2) is 4.98 Å². The fraction of sp³-hybridized carbons (Fsp3) is 0.0588. The SMILES string of the molecule is Cc1ccc(Oc2nc3ccccc3cc2C=O)cc1. The van der Waals surface area contributed by atoms with Crippen LogP contribution in [0.1, 0.15) is 15.9 Å². The van der Waals surface area contributed by atoms with Crippen LogP contribution < -0.4 is 4.74 Å². The summed E-state index contributed by atoms with van der Waals surface area (Å²) in [6.45, 7) is 2.01. The van der Waals surface area contributed by atoms with Crippen LogP contribution in [0.15, 0.2) is 54.6 Å². The summed E-state index contributed by atoms with van der Waals surface area (Å²) >= 11 is 0. The number of hydrogen-bond acceptors (Lipinski definition) is 3. The Morgan fingerprint density at radius 1 is 1.05 bits per heavy atom. The second kappa shape index (κ2) is 5.13. The van der Waals surface area contributed by atoms with Gasteiger partial charge in [0.05, 0.1) is 11.1 Å². The van der Waals surface area contributed by atoms with E-state index in [1.165, 1.54) is 0 Å². The Kier molecular flexibility index (Phi) is 3.17. The number of hydrogen-bond donors (Lipinski definition) is 0. The third-order valence-electron chi connectivity index (χ3n) is 3.08. The predicted octanol–water partition coefficient (Wildman–Crippen LogP) is 4.15. The van der Waals surface area contributed by atoms with Gasteiger partial charge in [0.15, 0.2) is 6.29 Å². The topological polar surface area (TPSA) is 39.2 Å². The first-order valence-corrected chi connectivity index (χ1v) is 6.36. The van der Waals surface area contributed by atoms with Crippen LogP contribution in [0, 0.1) is 6.92 Å². The number of aldehydes is 1. The Balaban J connectivity index is 2.05. The summed E-state index contributed by atoms with van der Waals surface area (Å²) in [6, 6.07) is 17.1. The number of rotatable bonds is 3. The zero-order valence-electron chi connectivity index (χ0n) is 11.0. The first-order chi connectivity index (χ1) is 9.76. The van der Waals surface area contributed by atoms with Crippen LogP contribution in [0.2, 0.25) is 0 Å². The molecule has 0 saturated heterocycles. The number of para-hydroxylation sites is 1. The molecule has 3 rings (SSSR count). The number of benzene rings is 2. The molecule has 0 N–H and O–H groups in total. The molecule has 98 valence electrons. The molecule has 1 aromatic heterocycles. The standard InChI is InChI=1S/C17H13NO2/c1-12-6-8-15(9-7-12)20-17-14(11-19)10-13-4-2-3-5-16(13)18-17/h2-11H,1H3. The third-order valence-corrected chi connectivity index (χ3v) is 3.08. The molecule has 0 amide bonds. The van der Waals surface area contributed by atoms with Crippen LogP contribution >= 0.6 is 0 Å². The number of ether oxygens (including phenoxy) is 1. The maximum absolute atomic E-state index is 11.2. The lowest BCUT2D eigenvalue weighted by Crippen LogP contribution is -1.95. The first kappa shape index (κ1) is 12.4. The summed E-state index contributed by atoms with van der Waals surface area (Å²) in [5.74, 6) is 1.00. The zero-order valence-corrected chi connectivity index (χ0v) is 11.0. The van der Waals surface area contributed by atoms with Gasteiger partial charge in [0.2, 0.25) is 5.88 Å². The highest BCUT2D eigenvalue weighted by Crippen LogP contribution is 2.26. The van der Waals surface area contributed by atoms with Crippen molar-refractivity contribution in [3.8, 4) is 11.6 Å². The lowest BCUT2D eigenvalue weighted by atomic mass is 10.1. The summed E-state index contributed by atoms with van der Waals surface area (Å²) < 4.78 is 5.72. The van der Waals surface area contributed by atoms with Crippen molar-refractivity contribution >= 4 is 17.2 Å². The van der Waals surface area contributed by atoms with Crippen molar-refractivity contribution in [3.63, 3.8) is 0 Å². The molecule has 0 spiro atoms. The number of pyridine rings is 1. The number of carbonyl (C=O) groups excluding carboxylic acids is 1. The minimum absolute atomic E-state index is 0.336. The van der Waals surface area contributed by atoms with Gasteiger partial charge in [-0.3, -0.25) is 4.79 Å². The maximum Gasteiger partial charge on any atom is 0.230 e. The lowest BCUT2D eigenvalue weighted by molar-refractivity contribution is 0.112. The van der Waals surface area contributed by atoms with Crippen LogP contribution in [0.3, 0.4) is 0 Å². The molecule has 0 bridgehead atoms. The minimum Gasteiger partial charge on any atom is -0.438 e. The van der Waals surface area contributed by atoms with Gasteiger partial charge in [0.25, 0.3) is 0 Å². The number of aromatic nitrogens is 1. The summed E-state index contributed by atoms with van der Waals surface area (Å²) in [7, 11) is 0. The predicted molar refractivity (Wildman–Crippen MR) is 78.4 cm³/mol. The van der Waals surface area contributed by atoms with Crippen molar-refractivity contribution < 1.29 is 9.53 Å². The van der Waals surface area contributed by atoms with E-state index < -0.39 is 0 Å². The van der Waals surface area contributed by atoms with Crippen LogP contribution in [0.5, 0.6) is 11.6 Å². The summed E-state index contributed by atoms with van der Waals surface area (Å²) in [5.41, 5.74) is 2.41. The van der Waals surface area contributed by atoms with E-state index in [0.717, 1.165) is 22.8 Å². The van der Waals surface area contributed by atoms with Gasteiger partial charge in [-0.05, 0) is 31.2 Å². The van der Waals surface area contributed by atoms with Gasteiger partial charge in [-0.1, -0.05) is 35.9 Å². The first-order valence-electron chi connectivity index (χ1n) is 6.36. The van der Waals surface area contributed by atoms with Gasteiger partial charge >= 0.3 is 0 Å². The largest absolute Gasteiger partial charge is 0.438 e. The van der Waals surface area contributed by atoms with Crippen molar-refractivity contribution in [1.82, 2.24) is 4.98 Å².